The summed E-state index contributed by atoms with van der Waals surface area (Å²) in [6.07, 6.45) is 7.39. The third kappa shape index (κ3) is 1.21. The van der Waals surface area contributed by atoms with Crippen molar-refractivity contribution in [3.05, 3.63) is 65.2 Å². The first-order valence-electron chi connectivity index (χ1n) is 8.32. The topological polar surface area (TPSA) is 0 Å². The van der Waals surface area contributed by atoms with Crippen molar-refractivity contribution >= 4 is 37.9 Å². The molecule has 0 heteroatoms. The van der Waals surface area contributed by atoms with Crippen molar-refractivity contribution in [1.29, 1.82) is 0 Å². The van der Waals surface area contributed by atoms with Crippen molar-refractivity contribution < 1.29 is 0 Å². The fourth-order valence-corrected chi connectivity index (χ4v) is 4.82. The highest BCUT2D eigenvalue weighted by Crippen LogP contribution is 2.46. The van der Waals surface area contributed by atoms with Gasteiger partial charge in [-0.15, -0.1) is 0 Å². The first-order chi connectivity index (χ1) is 10.9. The quantitative estimate of drug-likeness (QED) is 0.354. The van der Waals surface area contributed by atoms with E-state index in [1.54, 1.807) is 22.1 Å². The molecule has 0 heterocycles. The Balaban J connectivity index is 1.99. The second-order valence-corrected chi connectivity index (χ2v) is 6.85. The predicted octanol–water partition coefficient (Wildman–Crippen LogP) is 5.86. The van der Waals surface area contributed by atoms with E-state index < -0.39 is 0 Å². The van der Waals surface area contributed by atoms with Crippen LogP contribution in [-0.4, -0.2) is 0 Å². The molecule has 0 unspecified atom stereocenters. The number of hydrogen-bond donors (Lipinski definition) is 0. The first-order valence-corrected chi connectivity index (χ1v) is 8.32. The average molecular weight is 280 g/mol. The second kappa shape index (κ2) is 3.70. The van der Waals surface area contributed by atoms with Crippen LogP contribution in [0.15, 0.2) is 48.5 Å². The van der Waals surface area contributed by atoms with E-state index in [1.165, 1.54) is 51.8 Å². The molecule has 6 rings (SSSR count). The number of allylic oxidation sites excluding steroid dienone is 2. The summed E-state index contributed by atoms with van der Waals surface area (Å²) in [6, 6.07) is 16.2. The molecule has 4 aromatic rings. The van der Waals surface area contributed by atoms with Gasteiger partial charge in [0.2, 0.25) is 0 Å². The summed E-state index contributed by atoms with van der Waals surface area (Å²) in [6.45, 7) is 0. The molecular weight excluding hydrogens is 264 g/mol. The van der Waals surface area contributed by atoms with Gasteiger partial charge in [0.15, 0.2) is 0 Å². The number of benzene rings is 4. The molecule has 2 aliphatic rings. The van der Waals surface area contributed by atoms with Crippen molar-refractivity contribution in [3.63, 3.8) is 0 Å². The summed E-state index contributed by atoms with van der Waals surface area (Å²) in [5, 5.41) is 8.75. The van der Waals surface area contributed by atoms with Gasteiger partial charge < -0.3 is 0 Å². The largest absolute Gasteiger partial charge is 0.0763 e. The summed E-state index contributed by atoms with van der Waals surface area (Å²) < 4.78 is 0. The van der Waals surface area contributed by atoms with Crippen LogP contribution in [0.3, 0.4) is 0 Å². The van der Waals surface area contributed by atoms with E-state index in [9.17, 15) is 0 Å². The summed E-state index contributed by atoms with van der Waals surface area (Å²) in [4.78, 5) is 0. The van der Waals surface area contributed by atoms with Crippen LogP contribution < -0.4 is 0 Å². The van der Waals surface area contributed by atoms with Gasteiger partial charge in [-0.25, -0.2) is 0 Å². The van der Waals surface area contributed by atoms with Crippen molar-refractivity contribution in [2.45, 2.75) is 25.7 Å². The third-order valence-electron chi connectivity index (χ3n) is 5.69. The molecule has 104 valence electrons. The molecular formula is C22H16. The second-order valence-electron chi connectivity index (χ2n) is 6.85. The maximum Gasteiger partial charge on any atom is -0.00176 e. The molecule has 22 heavy (non-hydrogen) atoms. The molecule has 0 fully saturated rings. The Kier molecular flexibility index (Phi) is 1.89. The Hall–Kier alpha value is -2.34. The van der Waals surface area contributed by atoms with Crippen LogP contribution >= 0.6 is 0 Å². The van der Waals surface area contributed by atoms with E-state index in [0.717, 1.165) is 6.42 Å². The van der Waals surface area contributed by atoms with Crippen molar-refractivity contribution in [2.24, 2.45) is 0 Å². The van der Waals surface area contributed by atoms with Gasteiger partial charge in [0.1, 0.15) is 0 Å². The van der Waals surface area contributed by atoms with Crippen molar-refractivity contribution in [1.82, 2.24) is 0 Å². The SMILES string of the molecule is C1=C2CCCc3cc4ccc5cccc6cc(c(c32)c4c56)C1. The van der Waals surface area contributed by atoms with Crippen molar-refractivity contribution in [3.8, 4) is 0 Å². The van der Waals surface area contributed by atoms with Crippen LogP contribution in [0.1, 0.15) is 29.5 Å². The summed E-state index contributed by atoms with van der Waals surface area (Å²) in [7, 11) is 0. The summed E-state index contributed by atoms with van der Waals surface area (Å²) >= 11 is 0. The lowest BCUT2D eigenvalue weighted by Crippen LogP contribution is -2.08. The van der Waals surface area contributed by atoms with E-state index in [4.69, 9.17) is 0 Å². The molecule has 2 aliphatic carbocycles. The van der Waals surface area contributed by atoms with Gasteiger partial charge in [-0.1, -0.05) is 48.5 Å². The van der Waals surface area contributed by atoms with E-state index in [1.807, 2.05) is 0 Å². The third-order valence-corrected chi connectivity index (χ3v) is 5.69. The van der Waals surface area contributed by atoms with Crippen LogP contribution in [0.4, 0.5) is 0 Å². The van der Waals surface area contributed by atoms with Gasteiger partial charge in [-0.05, 0) is 80.3 Å². The van der Waals surface area contributed by atoms with Gasteiger partial charge in [-0.3, -0.25) is 0 Å². The Morgan fingerprint density at radius 1 is 0.682 bits per heavy atom. The average Bonchev–Trinajstić information content (AvgIpc) is 2.57. The highest BCUT2D eigenvalue weighted by Gasteiger charge is 2.24. The minimum absolute atomic E-state index is 1.10. The predicted molar refractivity (Wildman–Crippen MR) is 94.8 cm³/mol. The fraction of sp³-hybridized carbons (Fsp3) is 0.182. The molecule has 0 saturated carbocycles. The lowest BCUT2D eigenvalue weighted by molar-refractivity contribution is 0.822. The molecule has 0 nitrogen and oxygen atoms in total. The smallest absolute Gasteiger partial charge is 0.00176 e. The molecule has 4 aromatic carbocycles. The number of hydrogen-bond acceptors (Lipinski definition) is 0. The van der Waals surface area contributed by atoms with Crippen molar-refractivity contribution in [2.75, 3.05) is 0 Å². The molecule has 0 N–H and O–H groups in total. The van der Waals surface area contributed by atoms with Gasteiger partial charge in [0, 0.05) is 0 Å². The lowest BCUT2D eigenvalue weighted by Gasteiger charge is -2.28. The van der Waals surface area contributed by atoms with Crippen LogP contribution in [-0.2, 0) is 12.8 Å². The normalized spacial score (nSPS) is 16.6. The number of rotatable bonds is 0. The first kappa shape index (κ1) is 11.3. The van der Waals surface area contributed by atoms with Gasteiger partial charge in [-0.2, -0.15) is 0 Å². The van der Waals surface area contributed by atoms with Gasteiger partial charge in [0.05, 0.1) is 0 Å². The van der Waals surface area contributed by atoms with Crippen LogP contribution in [0.5, 0.6) is 0 Å². The van der Waals surface area contributed by atoms with Crippen LogP contribution in [0, 0.1) is 0 Å². The molecule has 0 spiro atoms. The number of aryl methyl sites for hydroxylation is 1. The zero-order chi connectivity index (χ0) is 14.3. The molecule has 0 radical (unpaired) electrons. The summed E-state index contributed by atoms with van der Waals surface area (Å²) in [5.41, 5.74) is 6.29. The standard InChI is InChI=1S/C22H16/c1-3-13-7-9-18-12-16-6-2-4-14-8-10-17-11-15(5-1)19(13)21(18)22(17)20(14)16/h1,3,5,7-9,11-12H,2,4,6,10H2. The van der Waals surface area contributed by atoms with E-state index in [2.05, 4.69) is 48.5 Å². The summed E-state index contributed by atoms with van der Waals surface area (Å²) in [5.74, 6) is 0. The maximum absolute atomic E-state index is 2.48. The van der Waals surface area contributed by atoms with Crippen LogP contribution in [0.25, 0.3) is 37.9 Å². The highest BCUT2D eigenvalue weighted by molar-refractivity contribution is 6.26. The molecule has 0 aliphatic heterocycles. The van der Waals surface area contributed by atoms with Gasteiger partial charge in [0.25, 0.3) is 0 Å². The van der Waals surface area contributed by atoms with E-state index >= 15 is 0 Å². The highest BCUT2D eigenvalue weighted by atomic mass is 14.3. The molecule has 0 atom stereocenters. The minimum atomic E-state index is 1.10. The monoisotopic (exact) mass is 280 g/mol. The van der Waals surface area contributed by atoms with Gasteiger partial charge >= 0.3 is 0 Å². The van der Waals surface area contributed by atoms with E-state index in [0.29, 0.717) is 0 Å². The lowest BCUT2D eigenvalue weighted by atomic mass is 9.76. The Bertz CT molecular complexity index is 1110. The molecule has 0 saturated heterocycles. The Labute approximate surface area is 129 Å². The molecule has 0 aromatic heterocycles. The zero-order valence-corrected chi connectivity index (χ0v) is 12.4. The van der Waals surface area contributed by atoms with E-state index in [-0.39, 0.29) is 0 Å². The fourth-order valence-electron chi connectivity index (χ4n) is 4.82. The Morgan fingerprint density at radius 2 is 1.50 bits per heavy atom. The van der Waals surface area contributed by atoms with Crippen LogP contribution in [0.2, 0.25) is 0 Å². The molecule has 0 amide bonds. The maximum atomic E-state index is 2.48. The zero-order valence-electron chi connectivity index (χ0n) is 12.4. The Morgan fingerprint density at radius 3 is 2.50 bits per heavy atom. The molecule has 0 bridgehead atoms. The minimum Gasteiger partial charge on any atom is -0.0763 e.